The lowest BCUT2D eigenvalue weighted by Crippen LogP contribution is -2.57. The molecule has 2 heterocycles. The Hall–Kier alpha value is -0.650. The Morgan fingerprint density at radius 3 is 2.42 bits per heavy atom. The van der Waals surface area contributed by atoms with E-state index in [0.717, 1.165) is 69.0 Å². The van der Waals surface area contributed by atoms with Gasteiger partial charge in [-0.15, -0.1) is 0 Å². The molecule has 6 fully saturated rings. The Kier molecular flexibility index (Phi) is 6.77. The molecular formula is C31H52N2O3. The van der Waals surface area contributed by atoms with Crippen LogP contribution in [-0.4, -0.2) is 67.4 Å². The summed E-state index contributed by atoms with van der Waals surface area (Å²) in [5.41, 5.74) is 0.546. The van der Waals surface area contributed by atoms with Crippen molar-refractivity contribution in [1.29, 1.82) is 0 Å². The van der Waals surface area contributed by atoms with Gasteiger partial charge in [0, 0.05) is 44.9 Å². The van der Waals surface area contributed by atoms with Crippen molar-refractivity contribution in [1.82, 2.24) is 9.80 Å². The van der Waals surface area contributed by atoms with Crippen molar-refractivity contribution in [2.75, 3.05) is 39.9 Å². The maximum atomic E-state index is 12.3. The van der Waals surface area contributed by atoms with Crippen molar-refractivity contribution in [3.63, 3.8) is 0 Å². The third-order valence-corrected chi connectivity index (χ3v) is 12.8. The number of fused-ring (bicyclic) bond motifs is 5. The number of ether oxygens (including phenoxy) is 2. The molecule has 0 amide bonds. The Bertz CT molecular complexity index is 829. The molecule has 6 rings (SSSR count). The van der Waals surface area contributed by atoms with E-state index in [0.29, 0.717) is 16.7 Å². The molecule has 0 aromatic heterocycles. The number of carbonyl (C=O) groups excluding carboxylic acids is 1. The zero-order chi connectivity index (χ0) is 25.1. The fraction of sp³-hybridized carbons (Fsp3) is 0.968. The van der Waals surface area contributed by atoms with Gasteiger partial charge in [0.25, 0.3) is 0 Å². The highest BCUT2D eigenvalue weighted by Gasteiger charge is 2.63. The van der Waals surface area contributed by atoms with E-state index in [-0.39, 0.29) is 11.7 Å². The van der Waals surface area contributed by atoms with Crippen LogP contribution in [0, 0.1) is 40.4 Å². The van der Waals surface area contributed by atoms with E-state index in [2.05, 4.69) is 30.7 Å². The van der Waals surface area contributed by atoms with Gasteiger partial charge in [-0.2, -0.15) is 0 Å². The first-order valence-electron chi connectivity index (χ1n) is 15.5. The van der Waals surface area contributed by atoms with Crippen LogP contribution in [0.25, 0.3) is 0 Å². The van der Waals surface area contributed by atoms with Crippen LogP contribution in [0.4, 0.5) is 0 Å². The SMILES string of the molecule is CC(=O)OC1(C2C[C@H]3[C@@H]4CC[C@H]5CCC(N6CCOCC6)C[C@]5(C)[C@H]4CC[C@]3(C)C2)CCCCN1C. The minimum absolute atomic E-state index is 0.0916. The van der Waals surface area contributed by atoms with Gasteiger partial charge in [-0.1, -0.05) is 13.8 Å². The minimum Gasteiger partial charge on any atom is -0.444 e. The minimum atomic E-state index is -0.368. The summed E-state index contributed by atoms with van der Waals surface area (Å²) in [6.45, 7) is 12.1. The topological polar surface area (TPSA) is 42.0 Å². The second-order valence-electron chi connectivity index (χ2n) is 14.4. The smallest absolute Gasteiger partial charge is 0.304 e. The number of hydrogen-bond donors (Lipinski definition) is 0. The van der Waals surface area contributed by atoms with E-state index >= 15 is 0 Å². The van der Waals surface area contributed by atoms with Crippen molar-refractivity contribution < 1.29 is 14.3 Å². The van der Waals surface area contributed by atoms with Crippen LogP contribution >= 0.6 is 0 Å². The third-order valence-electron chi connectivity index (χ3n) is 12.8. The van der Waals surface area contributed by atoms with Crippen LogP contribution in [0.5, 0.6) is 0 Å². The van der Waals surface area contributed by atoms with Gasteiger partial charge in [-0.3, -0.25) is 14.6 Å². The first kappa shape index (κ1) is 25.6. The molecule has 0 aromatic carbocycles. The molecule has 0 aromatic rings. The molecule has 4 aliphatic carbocycles. The Morgan fingerprint density at radius 2 is 1.67 bits per heavy atom. The maximum absolute atomic E-state index is 12.3. The van der Waals surface area contributed by atoms with E-state index in [4.69, 9.17) is 9.47 Å². The van der Waals surface area contributed by atoms with Crippen molar-refractivity contribution in [2.24, 2.45) is 40.4 Å². The summed E-state index contributed by atoms with van der Waals surface area (Å²) in [4.78, 5) is 17.5. The van der Waals surface area contributed by atoms with E-state index in [1.165, 1.54) is 70.6 Å². The molecule has 36 heavy (non-hydrogen) atoms. The number of hydrogen-bond acceptors (Lipinski definition) is 5. The number of rotatable bonds is 3. The molecule has 5 heteroatoms. The highest BCUT2D eigenvalue weighted by atomic mass is 16.6. The van der Waals surface area contributed by atoms with Crippen LogP contribution in [0.2, 0.25) is 0 Å². The van der Waals surface area contributed by atoms with Crippen LogP contribution in [0.1, 0.15) is 97.8 Å². The van der Waals surface area contributed by atoms with Gasteiger partial charge in [-0.25, -0.2) is 0 Å². The second-order valence-corrected chi connectivity index (χ2v) is 14.4. The lowest BCUT2D eigenvalue weighted by atomic mass is 9.45. The Morgan fingerprint density at radius 1 is 0.889 bits per heavy atom. The molecule has 0 N–H and O–H groups in total. The quantitative estimate of drug-likeness (QED) is 0.464. The molecule has 6 aliphatic rings. The van der Waals surface area contributed by atoms with Crippen molar-refractivity contribution in [3.05, 3.63) is 0 Å². The van der Waals surface area contributed by atoms with Gasteiger partial charge < -0.3 is 9.47 Å². The lowest BCUT2D eigenvalue weighted by molar-refractivity contribution is -0.206. The summed E-state index contributed by atoms with van der Waals surface area (Å²) < 4.78 is 12.0. The standard InChI is InChI=1S/C31H52N2O3/c1-22(34)36-31(12-5-6-14-32(31)4)24-19-28-26-10-8-23-7-9-25(33-15-17-35-18-16-33)21-30(23,3)27(26)11-13-29(28,2)20-24/h23-28H,5-21H2,1-4H3/t23-,24?,25?,26-,27+,28+,29-,30+,31?/m1/s1. The second kappa shape index (κ2) is 9.52. The average Bonchev–Trinajstić information content (AvgIpc) is 3.23. The van der Waals surface area contributed by atoms with E-state index in [9.17, 15) is 4.79 Å². The summed E-state index contributed by atoms with van der Waals surface area (Å²) in [7, 11) is 2.22. The van der Waals surface area contributed by atoms with Gasteiger partial charge in [0.05, 0.1) is 13.2 Å². The first-order chi connectivity index (χ1) is 17.3. The zero-order valence-electron chi connectivity index (χ0n) is 23.6. The molecule has 0 radical (unpaired) electrons. The number of nitrogens with zero attached hydrogens (tertiary/aromatic N) is 2. The van der Waals surface area contributed by atoms with E-state index in [1.807, 2.05) is 0 Å². The highest BCUT2D eigenvalue weighted by Crippen LogP contribution is 2.68. The molecule has 5 nitrogen and oxygen atoms in total. The number of carbonyl (C=O) groups is 1. The molecule has 3 unspecified atom stereocenters. The Labute approximate surface area is 220 Å². The summed E-state index contributed by atoms with van der Waals surface area (Å²) in [5.74, 6) is 3.86. The fourth-order valence-corrected chi connectivity index (χ4v) is 11.1. The molecule has 2 aliphatic heterocycles. The molecule has 0 spiro atoms. The number of likely N-dealkylation sites (tertiary alicyclic amines) is 1. The summed E-state index contributed by atoms with van der Waals surface area (Å²) in [5, 5.41) is 0. The summed E-state index contributed by atoms with van der Waals surface area (Å²) in [6, 6.07) is 0.765. The van der Waals surface area contributed by atoms with Gasteiger partial charge >= 0.3 is 5.97 Å². The van der Waals surface area contributed by atoms with Crippen molar-refractivity contribution in [2.45, 2.75) is 110 Å². The zero-order valence-corrected chi connectivity index (χ0v) is 23.6. The maximum Gasteiger partial charge on any atom is 0.304 e. The highest BCUT2D eigenvalue weighted by molar-refractivity contribution is 5.66. The Balaban J connectivity index is 1.24. The number of esters is 1. The average molecular weight is 501 g/mol. The van der Waals surface area contributed by atoms with E-state index in [1.54, 1.807) is 6.92 Å². The number of piperidine rings is 1. The van der Waals surface area contributed by atoms with E-state index < -0.39 is 0 Å². The fourth-order valence-electron chi connectivity index (χ4n) is 11.1. The van der Waals surface area contributed by atoms with Gasteiger partial charge in [0.2, 0.25) is 0 Å². The predicted molar refractivity (Wildman–Crippen MR) is 142 cm³/mol. The van der Waals surface area contributed by atoms with Gasteiger partial charge in [-0.05, 0) is 112 Å². The van der Waals surface area contributed by atoms with Crippen molar-refractivity contribution in [3.8, 4) is 0 Å². The summed E-state index contributed by atoms with van der Waals surface area (Å²) >= 11 is 0. The molecule has 204 valence electrons. The molecular weight excluding hydrogens is 448 g/mol. The number of morpholine rings is 1. The molecule has 0 bridgehead atoms. The molecule has 9 atom stereocenters. The van der Waals surface area contributed by atoms with Crippen molar-refractivity contribution >= 4 is 5.97 Å². The van der Waals surface area contributed by atoms with Gasteiger partial charge in [0.1, 0.15) is 0 Å². The van der Waals surface area contributed by atoms with Crippen LogP contribution in [0.15, 0.2) is 0 Å². The van der Waals surface area contributed by atoms with Crippen LogP contribution in [0.3, 0.4) is 0 Å². The largest absolute Gasteiger partial charge is 0.444 e. The van der Waals surface area contributed by atoms with Crippen LogP contribution in [-0.2, 0) is 14.3 Å². The monoisotopic (exact) mass is 500 g/mol. The van der Waals surface area contributed by atoms with Crippen LogP contribution < -0.4 is 0 Å². The molecule has 2 saturated heterocycles. The lowest BCUT2D eigenvalue weighted by Gasteiger charge is -2.61. The first-order valence-corrected chi connectivity index (χ1v) is 15.5. The third kappa shape index (κ3) is 4.09. The normalized spacial score (nSPS) is 50.1. The predicted octanol–water partition coefficient (Wildman–Crippen LogP) is 5.72. The van der Waals surface area contributed by atoms with Gasteiger partial charge in [0.15, 0.2) is 5.72 Å². The molecule has 4 saturated carbocycles. The summed E-state index contributed by atoms with van der Waals surface area (Å²) in [6.07, 6.45) is 15.9.